The maximum Gasteiger partial charge on any atom is 0.123 e. The quantitative estimate of drug-likeness (QED) is 0.919. The Balaban J connectivity index is 1.67. The van der Waals surface area contributed by atoms with E-state index in [-0.39, 0.29) is 6.04 Å². The molecule has 4 nitrogen and oxygen atoms in total. The Labute approximate surface area is 127 Å². The third-order valence-electron chi connectivity index (χ3n) is 5.04. The number of para-hydroxylation sites is 1. The number of rotatable bonds is 4. The summed E-state index contributed by atoms with van der Waals surface area (Å²) >= 11 is 0. The molecule has 0 radical (unpaired) electrons. The van der Waals surface area contributed by atoms with Gasteiger partial charge in [-0.2, -0.15) is 0 Å². The zero-order valence-corrected chi connectivity index (χ0v) is 13.2. The van der Waals surface area contributed by atoms with Gasteiger partial charge in [0.05, 0.1) is 7.11 Å². The van der Waals surface area contributed by atoms with E-state index in [1.165, 1.54) is 25.9 Å². The molecule has 2 saturated heterocycles. The highest BCUT2D eigenvalue weighted by molar-refractivity contribution is 5.35. The van der Waals surface area contributed by atoms with E-state index in [1.54, 1.807) is 7.11 Å². The van der Waals surface area contributed by atoms with Gasteiger partial charge < -0.3 is 10.5 Å². The van der Waals surface area contributed by atoms with Gasteiger partial charge in [-0.15, -0.1) is 0 Å². The topological polar surface area (TPSA) is 41.7 Å². The van der Waals surface area contributed by atoms with E-state index in [1.807, 2.05) is 18.2 Å². The predicted octanol–water partition coefficient (Wildman–Crippen LogP) is 1.86. The molecule has 2 fully saturated rings. The Bertz CT molecular complexity index is 479. The standard InChI is InChI=1S/C17H27N3O/c1-13-10-19-9-5-6-14(19)11-20(13)12-16(18)15-7-3-4-8-17(15)21-2/h3-4,7-8,13-14,16H,5-6,9-12,18H2,1-2H3. The second-order valence-corrected chi connectivity index (χ2v) is 6.44. The highest BCUT2D eigenvalue weighted by Gasteiger charge is 2.34. The molecule has 1 aromatic rings. The van der Waals surface area contributed by atoms with E-state index in [0.717, 1.165) is 30.4 Å². The van der Waals surface area contributed by atoms with Crippen LogP contribution in [0.2, 0.25) is 0 Å². The number of nitrogens with two attached hydrogens (primary N) is 1. The maximum atomic E-state index is 6.47. The van der Waals surface area contributed by atoms with Crippen LogP contribution in [0.1, 0.15) is 31.4 Å². The van der Waals surface area contributed by atoms with Gasteiger partial charge in [-0.25, -0.2) is 0 Å². The average Bonchev–Trinajstić information content (AvgIpc) is 2.94. The molecule has 0 aliphatic carbocycles. The minimum atomic E-state index is 0.0107. The van der Waals surface area contributed by atoms with Crippen LogP contribution in [-0.2, 0) is 0 Å². The van der Waals surface area contributed by atoms with Crippen molar-refractivity contribution in [2.24, 2.45) is 5.73 Å². The SMILES string of the molecule is COc1ccccc1C(N)CN1CC2CCCN2CC1C. The molecule has 116 valence electrons. The Morgan fingerprint density at radius 1 is 1.33 bits per heavy atom. The molecule has 0 spiro atoms. The van der Waals surface area contributed by atoms with Crippen molar-refractivity contribution in [3.8, 4) is 5.75 Å². The molecule has 2 N–H and O–H groups in total. The minimum absolute atomic E-state index is 0.0107. The minimum Gasteiger partial charge on any atom is -0.496 e. The molecule has 3 rings (SSSR count). The first-order valence-electron chi connectivity index (χ1n) is 8.05. The summed E-state index contributed by atoms with van der Waals surface area (Å²) in [5.41, 5.74) is 7.58. The monoisotopic (exact) mass is 289 g/mol. The van der Waals surface area contributed by atoms with E-state index >= 15 is 0 Å². The van der Waals surface area contributed by atoms with E-state index < -0.39 is 0 Å². The Morgan fingerprint density at radius 3 is 2.95 bits per heavy atom. The fourth-order valence-corrected chi connectivity index (χ4v) is 3.83. The number of piperazine rings is 1. The molecule has 0 saturated carbocycles. The molecule has 0 aromatic heterocycles. The second kappa shape index (κ2) is 6.34. The molecule has 2 heterocycles. The number of methoxy groups -OCH3 is 1. The van der Waals surface area contributed by atoms with E-state index in [4.69, 9.17) is 10.5 Å². The summed E-state index contributed by atoms with van der Waals surface area (Å²) in [4.78, 5) is 5.21. The molecular formula is C17H27N3O. The molecule has 3 atom stereocenters. The van der Waals surface area contributed by atoms with Crippen molar-refractivity contribution in [3.63, 3.8) is 0 Å². The van der Waals surface area contributed by atoms with Crippen molar-refractivity contribution in [2.45, 2.75) is 37.9 Å². The largest absolute Gasteiger partial charge is 0.496 e. The van der Waals surface area contributed by atoms with Gasteiger partial charge in [0.1, 0.15) is 5.75 Å². The molecule has 3 unspecified atom stereocenters. The van der Waals surface area contributed by atoms with Gasteiger partial charge in [-0.3, -0.25) is 9.80 Å². The smallest absolute Gasteiger partial charge is 0.123 e. The van der Waals surface area contributed by atoms with Gasteiger partial charge in [0, 0.05) is 43.3 Å². The normalized spacial score (nSPS) is 28.3. The lowest BCUT2D eigenvalue weighted by Gasteiger charge is -2.43. The number of nitrogens with zero attached hydrogens (tertiary/aromatic N) is 2. The summed E-state index contributed by atoms with van der Waals surface area (Å²) < 4.78 is 5.45. The fraction of sp³-hybridized carbons (Fsp3) is 0.647. The summed E-state index contributed by atoms with van der Waals surface area (Å²) in [6, 6.07) is 9.45. The number of hydrogen-bond acceptors (Lipinski definition) is 4. The maximum absolute atomic E-state index is 6.47. The molecule has 2 aliphatic heterocycles. The van der Waals surface area contributed by atoms with Crippen LogP contribution in [0, 0.1) is 0 Å². The van der Waals surface area contributed by atoms with Crippen LogP contribution in [-0.4, -0.2) is 55.2 Å². The summed E-state index contributed by atoms with van der Waals surface area (Å²) in [5, 5.41) is 0. The van der Waals surface area contributed by atoms with Gasteiger partial charge >= 0.3 is 0 Å². The molecule has 0 bridgehead atoms. The van der Waals surface area contributed by atoms with Crippen molar-refractivity contribution < 1.29 is 4.74 Å². The third kappa shape index (κ3) is 3.07. The molecule has 21 heavy (non-hydrogen) atoms. The third-order valence-corrected chi connectivity index (χ3v) is 5.04. The van der Waals surface area contributed by atoms with Crippen molar-refractivity contribution in [1.29, 1.82) is 0 Å². The zero-order chi connectivity index (χ0) is 14.8. The van der Waals surface area contributed by atoms with Crippen LogP contribution in [0.25, 0.3) is 0 Å². The predicted molar refractivity (Wildman–Crippen MR) is 85.6 cm³/mol. The van der Waals surface area contributed by atoms with Crippen molar-refractivity contribution in [2.75, 3.05) is 33.3 Å². The first-order chi connectivity index (χ1) is 10.2. The van der Waals surface area contributed by atoms with Gasteiger partial charge in [0.2, 0.25) is 0 Å². The Kier molecular flexibility index (Phi) is 4.48. The Hall–Kier alpha value is -1.10. The lowest BCUT2D eigenvalue weighted by atomic mass is 10.0. The summed E-state index contributed by atoms with van der Waals surface area (Å²) in [7, 11) is 1.71. The van der Waals surface area contributed by atoms with Crippen LogP contribution in [0.5, 0.6) is 5.75 Å². The van der Waals surface area contributed by atoms with Gasteiger partial charge in [0.25, 0.3) is 0 Å². The lowest BCUT2D eigenvalue weighted by Crippen LogP contribution is -2.56. The zero-order valence-electron chi connectivity index (χ0n) is 13.2. The highest BCUT2D eigenvalue weighted by atomic mass is 16.5. The average molecular weight is 289 g/mol. The van der Waals surface area contributed by atoms with Crippen LogP contribution < -0.4 is 10.5 Å². The van der Waals surface area contributed by atoms with Gasteiger partial charge in [0.15, 0.2) is 0 Å². The van der Waals surface area contributed by atoms with Crippen molar-refractivity contribution >= 4 is 0 Å². The molecule has 4 heteroatoms. The lowest BCUT2D eigenvalue weighted by molar-refractivity contribution is 0.0552. The first kappa shape index (κ1) is 14.8. The first-order valence-corrected chi connectivity index (χ1v) is 8.05. The molecule has 2 aliphatic rings. The van der Waals surface area contributed by atoms with Crippen LogP contribution in [0.15, 0.2) is 24.3 Å². The summed E-state index contributed by atoms with van der Waals surface area (Å²) in [6.45, 7) is 6.85. The summed E-state index contributed by atoms with van der Waals surface area (Å²) in [5.74, 6) is 0.900. The molecular weight excluding hydrogens is 262 g/mol. The van der Waals surface area contributed by atoms with Crippen LogP contribution in [0.3, 0.4) is 0 Å². The van der Waals surface area contributed by atoms with E-state index in [0.29, 0.717) is 6.04 Å². The van der Waals surface area contributed by atoms with Crippen LogP contribution >= 0.6 is 0 Å². The molecule has 0 amide bonds. The van der Waals surface area contributed by atoms with Crippen LogP contribution in [0.4, 0.5) is 0 Å². The molecule has 1 aromatic carbocycles. The fourth-order valence-electron chi connectivity index (χ4n) is 3.83. The number of benzene rings is 1. The van der Waals surface area contributed by atoms with E-state index in [9.17, 15) is 0 Å². The summed E-state index contributed by atoms with van der Waals surface area (Å²) in [6.07, 6.45) is 2.69. The second-order valence-electron chi connectivity index (χ2n) is 6.44. The highest BCUT2D eigenvalue weighted by Crippen LogP contribution is 2.28. The van der Waals surface area contributed by atoms with Gasteiger partial charge in [-0.1, -0.05) is 18.2 Å². The van der Waals surface area contributed by atoms with E-state index in [2.05, 4.69) is 22.8 Å². The number of fused-ring (bicyclic) bond motifs is 1. The number of ether oxygens (including phenoxy) is 1. The van der Waals surface area contributed by atoms with Crippen molar-refractivity contribution in [1.82, 2.24) is 9.80 Å². The number of hydrogen-bond donors (Lipinski definition) is 1. The van der Waals surface area contributed by atoms with Crippen molar-refractivity contribution in [3.05, 3.63) is 29.8 Å². The van der Waals surface area contributed by atoms with Gasteiger partial charge in [-0.05, 0) is 32.4 Å². The Morgan fingerprint density at radius 2 is 2.14 bits per heavy atom.